The Hall–Kier alpha value is -3.25. The number of aliphatic imine (C=N–C) groups is 1. The SMILES string of the molecule is CCOc1ccc(NC2=NC(c3cncc(Cl)c3)=CN3C=CC(C)CC=C23)cc1OC. The van der Waals surface area contributed by atoms with Gasteiger partial charge in [0, 0.05) is 42.1 Å². The van der Waals surface area contributed by atoms with Crippen LogP contribution in [0.15, 0.2) is 71.9 Å². The van der Waals surface area contributed by atoms with Gasteiger partial charge in [0.15, 0.2) is 17.3 Å². The molecule has 0 aliphatic carbocycles. The normalized spacial score (nSPS) is 17.7. The number of fused-ring (bicyclic) bond motifs is 1. The van der Waals surface area contributed by atoms with Gasteiger partial charge in [-0.2, -0.15) is 0 Å². The summed E-state index contributed by atoms with van der Waals surface area (Å²) in [5, 5.41) is 4.03. The molecule has 2 aliphatic heterocycles. The molecule has 2 aromatic rings. The number of anilines is 1. The lowest BCUT2D eigenvalue weighted by Gasteiger charge is -2.27. The third-order valence-corrected chi connectivity index (χ3v) is 5.21. The molecule has 0 saturated heterocycles. The van der Waals surface area contributed by atoms with Crippen LogP contribution < -0.4 is 14.8 Å². The number of allylic oxidation sites excluding steroid dienone is 2. The van der Waals surface area contributed by atoms with Crippen molar-refractivity contribution >= 4 is 28.8 Å². The topological polar surface area (TPSA) is 59.0 Å². The van der Waals surface area contributed by atoms with Crippen LogP contribution in [0.2, 0.25) is 5.02 Å². The number of hydrogen-bond acceptors (Lipinski definition) is 6. The lowest BCUT2D eigenvalue weighted by atomic mass is 10.1. The van der Waals surface area contributed by atoms with Crippen LogP contribution in [0, 0.1) is 5.92 Å². The highest BCUT2D eigenvalue weighted by atomic mass is 35.5. The predicted molar refractivity (Wildman–Crippen MR) is 125 cm³/mol. The minimum absolute atomic E-state index is 0.439. The number of aromatic nitrogens is 1. The van der Waals surface area contributed by atoms with E-state index >= 15 is 0 Å². The van der Waals surface area contributed by atoms with Gasteiger partial charge in [0.1, 0.15) is 0 Å². The number of nitrogens with zero attached hydrogens (tertiary/aromatic N) is 3. The first-order valence-electron chi connectivity index (χ1n) is 10.2. The van der Waals surface area contributed by atoms with E-state index in [1.807, 2.05) is 37.4 Å². The first kappa shape index (κ1) is 21.0. The zero-order chi connectivity index (χ0) is 21.8. The summed E-state index contributed by atoms with van der Waals surface area (Å²) in [6.07, 6.45) is 12.8. The second-order valence-electron chi connectivity index (χ2n) is 7.34. The molecule has 1 unspecified atom stereocenters. The Kier molecular flexibility index (Phi) is 6.28. The minimum atomic E-state index is 0.439. The fourth-order valence-electron chi connectivity index (χ4n) is 3.41. The van der Waals surface area contributed by atoms with Gasteiger partial charge >= 0.3 is 0 Å². The predicted octanol–water partition coefficient (Wildman–Crippen LogP) is 5.70. The van der Waals surface area contributed by atoms with Gasteiger partial charge in [-0.3, -0.25) is 4.98 Å². The second kappa shape index (κ2) is 9.27. The molecule has 1 aromatic carbocycles. The Labute approximate surface area is 187 Å². The van der Waals surface area contributed by atoms with E-state index in [4.69, 9.17) is 26.1 Å². The number of amidine groups is 1. The molecule has 6 nitrogen and oxygen atoms in total. The van der Waals surface area contributed by atoms with Gasteiger partial charge in [-0.05, 0) is 37.5 Å². The molecular weight excluding hydrogens is 412 g/mol. The van der Waals surface area contributed by atoms with Crippen molar-refractivity contribution in [3.05, 3.63) is 77.5 Å². The van der Waals surface area contributed by atoms with Crippen LogP contribution in [-0.2, 0) is 0 Å². The lowest BCUT2D eigenvalue weighted by Crippen LogP contribution is -2.27. The average Bonchev–Trinajstić information content (AvgIpc) is 2.96. The van der Waals surface area contributed by atoms with Crippen molar-refractivity contribution in [2.45, 2.75) is 20.3 Å². The summed E-state index contributed by atoms with van der Waals surface area (Å²) in [4.78, 5) is 11.2. The number of rotatable bonds is 5. The quantitative estimate of drug-likeness (QED) is 0.651. The summed E-state index contributed by atoms with van der Waals surface area (Å²) in [6.45, 7) is 4.71. The molecule has 4 rings (SSSR count). The summed E-state index contributed by atoms with van der Waals surface area (Å²) >= 11 is 6.17. The second-order valence-corrected chi connectivity index (χ2v) is 7.78. The zero-order valence-corrected chi connectivity index (χ0v) is 18.6. The fourth-order valence-corrected chi connectivity index (χ4v) is 3.59. The van der Waals surface area contributed by atoms with E-state index in [0.717, 1.165) is 34.9 Å². The highest BCUT2D eigenvalue weighted by molar-refractivity contribution is 6.30. The van der Waals surface area contributed by atoms with E-state index in [1.54, 1.807) is 19.5 Å². The van der Waals surface area contributed by atoms with E-state index < -0.39 is 0 Å². The summed E-state index contributed by atoms with van der Waals surface area (Å²) in [7, 11) is 1.63. The number of nitrogens with one attached hydrogen (secondary N) is 1. The maximum atomic E-state index is 6.17. The number of methoxy groups -OCH3 is 1. The minimum Gasteiger partial charge on any atom is -0.493 e. The van der Waals surface area contributed by atoms with Gasteiger partial charge in [-0.25, -0.2) is 4.99 Å². The van der Waals surface area contributed by atoms with Crippen molar-refractivity contribution in [2.75, 3.05) is 19.0 Å². The molecule has 7 heteroatoms. The third kappa shape index (κ3) is 4.75. The Bertz CT molecular complexity index is 1090. The van der Waals surface area contributed by atoms with Gasteiger partial charge < -0.3 is 19.7 Å². The van der Waals surface area contributed by atoms with Crippen molar-refractivity contribution in [3.8, 4) is 11.5 Å². The van der Waals surface area contributed by atoms with Gasteiger partial charge in [0.05, 0.1) is 30.1 Å². The molecular formula is C24H25ClN4O2. The van der Waals surface area contributed by atoms with Crippen molar-refractivity contribution < 1.29 is 9.47 Å². The zero-order valence-electron chi connectivity index (χ0n) is 17.8. The van der Waals surface area contributed by atoms with Crippen molar-refractivity contribution in [3.63, 3.8) is 0 Å². The Morgan fingerprint density at radius 3 is 2.87 bits per heavy atom. The van der Waals surface area contributed by atoms with Crippen molar-refractivity contribution in [1.82, 2.24) is 9.88 Å². The number of ether oxygens (including phenoxy) is 2. The number of halogens is 1. The monoisotopic (exact) mass is 436 g/mol. The first-order chi connectivity index (χ1) is 15.1. The van der Waals surface area contributed by atoms with Crippen LogP contribution in [0.3, 0.4) is 0 Å². The Morgan fingerprint density at radius 2 is 2.10 bits per heavy atom. The summed E-state index contributed by atoms with van der Waals surface area (Å²) in [5.41, 5.74) is 3.46. The first-order valence-corrected chi connectivity index (χ1v) is 10.6. The Balaban J connectivity index is 1.73. The summed E-state index contributed by atoms with van der Waals surface area (Å²) in [6, 6.07) is 7.62. The highest BCUT2D eigenvalue weighted by Gasteiger charge is 2.22. The molecule has 1 N–H and O–H groups in total. The molecule has 31 heavy (non-hydrogen) atoms. The number of hydrogen-bond donors (Lipinski definition) is 1. The molecule has 0 fully saturated rings. The smallest absolute Gasteiger partial charge is 0.162 e. The lowest BCUT2D eigenvalue weighted by molar-refractivity contribution is 0.311. The molecule has 0 bridgehead atoms. The molecule has 1 aromatic heterocycles. The van der Waals surface area contributed by atoms with Crippen LogP contribution in [0.1, 0.15) is 25.8 Å². The molecule has 2 aliphatic rings. The molecule has 160 valence electrons. The average molecular weight is 437 g/mol. The number of pyridine rings is 1. The van der Waals surface area contributed by atoms with E-state index in [-0.39, 0.29) is 0 Å². The van der Waals surface area contributed by atoms with Crippen LogP contribution in [0.5, 0.6) is 11.5 Å². The van der Waals surface area contributed by atoms with E-state index in [9.17, 15) is 0 Å². The Morgan fingerprint density at radius 1 is 1.23 bits per heavy atom. The van der Waals surface area contributed by atoms with Crippen LogP contribution in [-0.4, -0.2) is 29.4 Å². The molecule has 0 saturated carbocycles. The molecule has 3 heterocycles. The van der Waals surface area contributed by atoms with E-state index in [0.29, 0.717) is 29.0 Å². The fraction of sp³-hybridized carbons (Fsp3) is 0.250. The maximum absolute atomic E-state index is 6.17. The van der Waals surface area contributed by atoms with Crippen LogP contribution >= 0.6 is 11.6 Å². The van der Waals surface area contributed by atoms with Crippen LogP contribution in [0.4, 0.5) is 5.69 Å². The molecule has 1 atom stereocenters. The largest absolute Gasteiger partial charge is 0.493 e. The van der Waals surface area contributed by atoms with Gasteiger partial charge in [0.25, 0.3) is 0 Å². The molecule has 0 radical (unpaired) electrons. The maximum Gasteiger partial charge on any atom is 0.162 e. The summed E-state index contributed by atoms with van der Waals surface area (Å²) in [5.74, 6) is 2.55. The molecule has 0 amide bonds. The third-order valence-electron chi connectivity index (χ3n) is 5.00. The van der Waals surface area contributed by atoms with Gasteiger partial charge in [-0.15, -0.1) is 0 Å². The van der Waals surface area contributed by atoms with Gasteiger partial charge in [-0.1, -0.05) is 30.7 Å². The van der Waals surface area contributed by atoms with Gasteiger partial charge in [0.2, 0.25) is 0 Å². The van der Waals surface area contributed by atoms with Crippen molar-refractivity contribution in [2.24, 2.45) is 10.9 Å². The van der Waals surface area contributed by atoms with Crippen molar-refractivity contribution in [1.29, 1.82) is 0 Å². The van der Waals surface area contributed by atoms with Crippen LogP contribution in [0.25, 0.3) is 5.70 Å². The summed E-state index contributed by atoms with van der Waals surface area (Å²) < 4.78 is 11.1. The standard InChI is InChI=1S/C24H25ClN4O2/c1-4-31-22-8-6-19(12-23(22)30-3)27-24-21-7-5-16(2)9-10-29(21)15-20(28-24)17-11-18(25)14-26-13-17/h6-16H,4-5H2,1-3H3,(H,27,28). The number of benzene rings is 1. The van der Waals surface area contributed by atoms with E-state index in [1.165, 1.54) is 0 Å². The van der Waals surface area contributed by atoms with E-state index in [2.05, 4.69) is 40.5 Å². The molecule has 0 spiro atoms. The highest BCUT2D eigenvalue weighted by Crippen LogP contribution is 2.33.